The number of hydrogen-bond acceptors (Lipinski definition) is 0. The Morgan fingerprint density at radius 2 is 1.20 bits per heavy atom. The summed E-state index contributed by atoms with van der Waals surface area (Å²) in [7, 11) is 0. The second-order valence-electron chi connectivity index (χ2n) is 2.34. The second-order valence-corrected chi connectivity index (χ2v) is 2.34. The van der Waals surface area contributed by atoms with Gasteiger partial charge in [0.2, 0.25) is 0 Å². The van der Waals surface area contributed by atoms with Gasteiger partial charge < -0.3 is 0 Å². The van der Waals surface area contributed by atoms with E-state index in [0.717, 1.165) is 0 Å². The summed E-state index contributed by atoms with van der Waals surface area (Å²) >= 11 is 0. The Bertz CT molecular complexity index is 188. The highest BCUT2D eigenvalue weighted by Crippen LogP contribution is 2.08. The van der Waals surface area contributed by atoms with Crippen molar-refractivity contribution in [2.75, 3.05) is 0 Å². The van der Waals surface area contributed by atoms with Crippen molar-refractivity contribution in [3.63, 3.8) is 0 Å². The van der Waals surface area contributed by atoms with Crippen LogP contribution in [0.5, 0.6) is 0 Å². The molecule has 0 aliphatic carbocycles. The zero-order chi connectivity index (χ0) is 12.7. The molecule has 0 rings (SSSR count). The van der Waals surface area contributed by atoms with Crippen molar-refractivity contribution in [1.82, 2.24) is 0 Å². The number of allylic oxidation sites excluding steroid dienone is 7. The van der Waals surface area contributed by atoms with Gasteiger partial charge in [-0.15, -0.1) is 0 Å². The minimum absolute atomic E-state index is 1.21. The Hall–Kier alpha value is -1.04. The summed E-state index contributed by atoms with van der Waals surface area (Å²) in [6.07, 6.45) is 10.1. The first kappa shape index (κ1) is 19.5. The molecule has 0 heteroatoms. The summed E-state index contributed by atoms with van der Waals surface area (Å²) in [5, 5.41) is 0. The predicted molar refractivity (Wildman–Crippen MR) is 75.2 cm³/mol. The minimum atomic E-state index is 1.21. The molecule has 0 heterocycles. The maximum Gasteiger partial charge on any atom is -0.0234 e. The lowest BCUT2D eigenvalue weighted by Gasteiger charge is -1.96. The molecule has 88 valence electrons. The van der Waals surface area contributed by atoms with Crippen LogP contribution < -0.4 is 0 Å². The van der Waals surface area contributed by atoms with Crippen molar-refractivity contribution in [3.8, 4) is 0 Å². The van der Waals surface area contributed by atoms with Gasteiger partial charge in [-0.2, -0.15) is 0 Å². The van der Waals surface area contributed by atoms with Crippen molar-refractivity contribution in [2.24, 2.45) is 0 Å². The van der Waals surface area contributed by atoms with Crippen LogP contribution in [0.1, 0.15) is 48.5 Å². The summed E-state index contributed by atoms with van der Waals surface area (Å²) in [6.45, 7) is 17.8. The van der Waals surface area contributed by atoms with Crippen LogP contribution in [0.2, 0.25) is 0 Å². The molecule has 0 bridgehead atoms. The van der Waals surface area contributed by atoms with Gasteiger partial charge in [0.1, 0.15) is 0 Å². The van der Waals surface area contributed by atoms with Crippen molar-refractivity contribution in [3.05, 3.63) is 48.1 Å². The molecular formula is C15H28. The Morgan fingerprint density at radius 3 is 1.40 bits per heavy atom. The van der Waals surface area contributed by atoms with E-state index in [1.165, 1.54) is 11.1 Å². The smallest absolute Gasteiger partial charge is 0.0234 e. The van der Waals surface area contributed by atoms with E-state index < -0.39 is 0 Å². The summed E-state index contributed by atoms with van der Waals surface area (Å²) < 4.78 is 0. The van der Waals surface area contributed by atoms with Crippen LogP contribution >= 0.6 is 0 Å². The standard InChI is InChI=1S/C11H16.2C2H6/c1-5-8-11(9-6-2)10(4)7-3;2*1-2/h5-9H,3H2,1-2,4H3;2*1-2H3/b8-5-,9-6-;;. The number of rotatable bonds is 3. The van der Waals surface area contributed by atoms with Gasteiger partial charge in [0.15, 0.2) is 0 Å². The van der Waals surface area contributed by atoms with Gasteiger partial charge in [-0.25, -0.2) is 0 Å². The molecule has 0 saturated carbocycles. The van der Waals surface area contributed by atoms with E-state index in [2.05, 4.69) is 25.7 Å². The van der Waals surface area contributed by atoms with Crippen LogP contribution in [-0.4, -0.2) is 0 Å². The molecule has 0 fully saturated rings. The van der Waals surface area contributed by atoms with E-state index in [4.69, 9.17) is 0 Å². The highest BCUT2D eigenvalue weighted by atomic mass is 13.9. The topological polar surface area (TPSA) is 0 Å². The van der Waals surface area contributed by atoms with Crippen molar-refractivity contribution >= 4 is 0 Å². The molecule has 0 aromatic carbocycles. The van der Waals surface area contributed by atoms with E-state index >= 15 is 0 Å². The van der Waals surface area contributed by atoms with Crippen LogP contribution in [0.3, 0.4) is 0 Å². The fourth-order valence-corrected chi connectivity index (χ4v) is 0.795. The lowest BCUT2D eigenvalue weighted by molar-refractivity contribution is 1.44. The molecule has 0 unspecified atom stereocenters. The zero-order valence-corrected chi connectivity index (χ0v) is 11.6. The molecule has 0 nitrogen and oxygen atoms in total. The second kappa shape index (κ2) is 18.7. The SMILES string of the molecule is C=CC(C)=C(/C=C\C)/C=C\C.CC.CC. The Kier molecular flexibility index (Phi) is 24.3. The first-order valence-electron chi connectivity index (χ1n) is 5.85. The summed E-state index contributed by atoms with van der Waals surface area (Å²) in [4.78, 5) is 0. The van der Waals surface area contributed by atoms with E-state index in [1.54, 1.807) is 0 Å². The zero-order valence-electron chi connectivity index (χ0n) is 11.6. The van der Waals surface area contributed by atoms with Crippen LogP contribution in [-0.2, 0) is 0 Å². The van der Waals surface area contributed by atoms with Gasteiger partial charge in [0.25, 0.3) is 0 Å². The van der Waals surface area contributed by atoms with Crippen molar-refractivity contribution in [1.29, 1.82) is 0 Å². The fourth-order valence-electron chi connectivity index (χ4n) is 0.795. The molecule has 15 heavy (non-hydrogen) atoms. The molecule has 0 saturated heterocycles. The van der Waals surface area contributed by atoms with Gasteiger partial charge in [0.05, 0.1) is 0 Å². The molecule has 0 radical (unpaired) electrons. The maximum atomic E-state index is 3.72. The molecule has 0 aromatic rings. The Labute approximate surface area is 97.1 Å². The average molecular weight is 208 g/mol. The van der Waals surface area contributed by atoms with Gasteiger partial charge in [-0.3, -0.25) is 0 Å². The number of hydrogen-bond donors (Lipinski definition) is 0. The van der Waals surface area contributed by atoms with E-state index in [9.17, 15) is 0 Å². The average Bonchev–Trinajstić information content (AvgIpc) is 2.33. The van der Waals surface area contributed by atoms with Crippen molar-refractivity contribution < 1.29 is 0 Å². The quantitative estimate of drug-likeness (QED) is 0.522. The van der Waals surface area contributed by atoms with E-state index in [1.807, 2.05) is 59.8 Å². The summed E-state index contributed by atoms with van der Waals surface area (Å²) in [5.41, 5.74) is 2.44. The fraction of sp³-hybridized carbons (Fsp3) is 0.467. The third kappa shape index (κ3) is 13.0. The predicted octanol–water partition coefficient (Wildman–Crippen LogP) is 5.69. The van der Waals surface area contributed by atoms with Gasteiger partial charge in [0, 0.05) is 0 Å². The lowest BCUT2D eigenvalue weighted by atomic mass is 10.1. The normalized spacial score (nSPS) is 8.73. The molecule has 0 aromatic heterocycles. The van der Waals surface area contributed by atoms with Gasteiger partial charge in [-0.05, 0) is 31.9 Å². The molecule has 0 N–H and O–H groups in total. The van der Waals surface area contributed by atoms with Crippen LogP contribution in [0.25, 0.3) is 0 Å². The molecule has 0 amide bonds. The molecule has 0 aliphatic heterocycles. The highest BCUT2D eigenvalue weighted by Gasteiger charge is 1.88. The first-order valence-corrected chi connectivity index (χ1v) is 5.85. The van der Waals surface area contributed by atoms with Gasteiger partial charge >= 0.3 is 0 Å². The Morgan fingerprint density at radius 1 is 0.867 bits per heavy atom. The molecule has 0 atom stereocenters. The van der Waals surface area contributed by atoms with E-state index in [0.29, 0.717) is 0 Å². The minimum Gasteiger partial charge on any atom is -0.0988 e. The largest absolute Gasteiger partial charge is 0.0988 e. The molecule has 0 aliphatic rings. The van der Waals surface area contributed by atoms with Crippen LogP contribution in [0.15, 0.2) is 48.1 Å². The summed E-state index contributed by atoms with van der Waals surface area (Å²) in [6, 6.07) is 0. The lowest BCUT2D eigenvalue weighted by Crippen LogP contribution is -1.76. The highest BCUT2D eigenvalue weighted by molar-refractivity contribution is 5.38. The van der Waals surface area contributed by atoms with Crippen molar-refractivity contribution in [2.45, 2.75) is 48.5 Å². The first-order chi connectivity index (χ1) is 7.26. The third-order valence-corrected chi connectivity index (χ3v) is 1.45. The summed E-state index contributed by atoms with van der Waals surface area (Å²) in [5.74, 6) is 0. The third-order valence-electron chi connectivity index (χ3n) is 1.45. The Balaban J connectivity index is -0.000000318. The van der Waals surface area contributed by atoms with Gasteiger partial charge in [-0.1, -0.05) is 64.7 Å². The molecule has 0 spiro atoms. The molecular weight excluding hydrogens is 180 g/mol. The van der Waals surface area contributed by atoms with E-state index in [-0.39, 0.29) is 0 Å². The monoisotopic (exact) mass is 208 g/mol. The van der Waals surface area contributed by atoms with Crippen LogP contribution in [0.4, 0.5) is 0 Å². The van der Waals surface area contributed by atoms with Crippen LogP contribution in [0, 0.1) is 0 Å². The maximum absolute atomic E-state index is 3.72.